The van der Waals surface area contributed by atoms with Crippen LogP contribution in [0.3, 0.4) is 0 Å². The molecule has 132 valence electrons. The number of nitrogens with one attached hydrogen (secondary N) is 1. The van der Waals surface area contributed by atoms with Gasteiger partial charge in [-0.05, 0) is 6.07 Å². The molecule has 1 aromatic carbocycles. The Morgan fingerprint density at radius 1 is 1.54 bits per heavy atom. The average Bonchev–Trinajstić information content (AvgIpc) is 2.54. The molecule has 1 heterocycles. The van der Waals surface area contributed by atoms with Crippen molar-refractivity contribution in [2.45, 2.75) is 6.10 Å². The van der Waals surface area contributed by atoms with Crippen LogP contribution >= 0.6 is 11.6 Å². The van der Waals surface area contributed by atoms with Crippen molar-refractivity contribution in [2.24, 2.45) is 0 Å². The number of rotatable bonds is 6. The topological polar surface area (TPSA) is 114 Å². The van der Waals surface area contributed by atoms with Crippen LogP contribution in [0.4, 0.5) is 5.69 Å². The van der Waals surface area contributed by atoms with Gasteiger partial charge in [0, 0.05) is 25.7 Å². The van der Waals surface area contributed by atoms with E-state index >= 15 is 0 Å². The van der Waals surface area contributed by atoms with Crippen molar-refractivity contribution in [2.75, 3.05) is 45.6 Å². The second-order valence-corrected chi connectivity index (χ2v) is 5.81. The quantitative estimate of drug-likeness (QED) is 0.633. The summed E-state index contributed by atoms with van der Waals surface area (Å²) in [6, 6.07) is 2.94. The number of carboxylic acid groups (broad SMARTS) is 1. The third-order valence-electron chi connectivity index (χ3n) is 3.64. The van der Waals surface area contributed by atoms with E-state index in [0.717, 1.165) is 0 Å². The Labute approximate surface area is 144 Å². The van der Waals surface area contributed by atoms with E-state index in [9.17, 15) is 9.59 Å². The van der Waals surface area contributed by atoms with Crippen molar-refractivity contribution in [3.05, 3.63) is 22.7 Å². The number of methoxy groups -OCH3 is 1. The molecule has 0 aromatic heterocycles. The van der Waals surface area contributed by atoms with E-state index in [4.69, 9.17) is 31.9 Å². The fourth-order valence-electron chi connectivity index (χ4n) is 2.46. The summed E-state index contributed by atoms with van der Waals surface area (Å²) in [7, 11) is 1.44. The molecule has 9 heteroatoms. The highest BCUT2D eigenvalue weighted by Crippen LogP contribution is 2.28. The lowest BCUT2D eigenvalue weighted by molar-refractivity contribution is -0.140. The summed E-state index contributed by atoms with van der Waals surface area (Å²) in [6.07, 6.45) is -0.280. The van der Waals surface area contributed by atoms with Gasteiger partial charge in [0.15, 0.2) is 0 Å². The highest BCUT2D eigenvalue weighted by molar-refractivity contribution is 6.33. The standard InChI is InChI=1S/C15H20ClN3O5/c1-23-13-5-12(17)11(16)4-10(13)15(22)18-6-9-7-19(2-3-24-9)8-14(20)21/h4-5,9H,2-3,6-8,17H2,1H3,(H,18,22)(H,20,21). The minimum Gasteiger partial charge on any atom is -0.496 e. The van der Waals surface area contributed by atoms with Crippen LogP contribution in [-0.4, -0.2) is 67.9 Å². The Morgan fingerprint density at radius 2 is 2.29 bits per heavy atom. The third kappa shape index (κ3) is 4.73. The molecule has 1 aliphatic rings. The highest BCUT2D eigenvalue weighted by atomic mass is 35.5. The van der Waals surface area contributed by atoms with Crippen LogP contribution in [0, 0.1) is 0 Å². The van der Waals surface area contributed by atoms with Crippen molar-refractivity contribution < 1.29 is 24.2 Å². The zero-order valence-electron chi connectivity index (χ0n) is 13.3. The summed E-state index contributed by atoms with van der Waals surface area (Å²) < 4.78 is 10.7. The first-order chi connectivity index (χ1) is 11.4. The van der Waals surface area contributed by atoms with Crippen molar-refractivity contribution in [3.63, 3.8) is 0 Å². The number of hydrogen-bond acceptors (Lipinski definition) is 6. The fraction of sp³-hybridized carbons (Fsp3) is 0.467. The van der Waals surface area contributed by atoms with Gasteiger partial charge in [0.25, 0.3) is 5.91 Å². The van der Waals surface area contributed by atoms with E-state index in [1.54, 1.807) is 4.90 Å². The van der Waals surface area contributed by atoms with Gasteiger partial charge in [-0.15, -0.1) is 0 Å². The zero-order chi connectivity index (χ0) is 17.7. The van der Waals surface area contributed by atoms with Crippen molar-refractivity contribution in [3.8, 4) is 5.75 Å². The van der Waals surface area contributed by atoms with Crippen LogP contribution in [-0.2, 0) is 9.53 Å². The van der Waals surface area contributed by atoms with Gasteiger partial charge in [-0.2, -0.15) is 0 Å². The molecule has 0 spiro atoms. The number of nitrogens with zero attached hydrogens (tertiary/aromatic N) is 1. The van der Waals surface area contributed by atoms with Crippen molar-refractivity contribution >= 4 is 29.2 Å². The Kier molecular flexibility index (Phi) is 6.24. The number of aliphatic carboxylic acids is 1. The first kappa shape index (κ1) is 18.3. The summed E-state index contributed by atoms with van der Waals surface area (Å²) in [4.78, 5) is 24.9. The van der Waals surface area contributed by atoms with Crippen LogP contribution in [0.25, 0.3) is 0 Å². The number of halogens is 1. The molecule has 0 saturated carbocycles. The number of carbonyl (C=O) groups excluding carboxylic acids is 1. The summed E-state index contributed by atoms with van der Waals surface area (Å²) in [6.45, 7) is 1.62. The molecule has 1 aliphatic heterocycles. The maximum Gasteiger partial charge on any atom is 0.317 e. The summed E-state index contributed by atoms with van der Waals surface area (Å²) in [5, 5.41) is 11.8. The molecular weight excluding hydrogens is 338 g/mol. The van der Waals surface area contributed by atoms with E-state index in [0.29, 0.717) is 31.1 Å². The SMILES string of the molecule is COc1cc(N)c(Cl)cc1C(=O)NCC1CN(CC(=O)O)CCO1. The van der Waals surface area contributed by atoms with Gasteiger partial charge in [-0.3, -0.25) is 14.5 Å². The molecule has 0 aliphatic carbocycles. The Morgan fingerprint density at radius 3 is 2.96 bits per heavy atom. The Bertz CT molecular complexity index is 625. The molecule has 1 amide bonds. The molecule has 1 unspecified atom stereocenters. The number of anilines is 1. The van der Waals surface area contributed by atoms with Crippen LogP contribution < -0.4 is 15.8 Å². The number of nitrogen functional groups attached to an aromatic ring is 1. The van der Waals surface area contributed by atoms with Gasteiger partial charge in [0.05, 0.1) is 42.6 Å². The zero-order valence-corrected chi connectivity index (χ0v) is 14.0. The van der Waals surface area contributed by atoms with Crippen LogP contribution in [0.2, 0.25) is 5.02 Å². The number of amides is 1. The number of carbonyl (C=O) groups is 2. The molecule has 1 aromatic rings. The predicted octanol–water partition coefficient (Wildman–Crippen LogP) is 0.446. The Balaban J connectivity index is 1.95. The molecule has 0 radical (unpaired) electrons. The number of benzene rings is 1. The maximum absolute atomic E-state index is 12.3. The molecular formula is C15H20ClN3O5. The van der Waals surface area contributed by atoms with Gasteiger partial charge in [0.1, 0.15) is 5.75 Å². The van der Waals surface area contributed by atoms with Crippen LogP contribution in [0.5, 0.6) is 5.75 Å². The predicted molar refractivity (Wildman–Crippen MR) is 88.6 cm³/mol. The van der Waals surface area contributed by atoms with Gasteiger partial charge in [-0.1, -0.05) is 11.6 Å². The lowest BCUT2D eigenvalue weighted by atomic mass is 10.1. The number of morpholine rings is 1. The molecule has 1 atom stereocenters. The molecule has 4 N–H and O–H groups in total. The molecule has 2 rings (SSSR count). The normalized spacial score (nSPS) is 18.2. The molecule has 8 nitrogen and oxygen atoms in total. The number of ether oxygens (including phenoxy) is 2. The first-order valence-electron chi connectivity index (χ1n) is 7.37. The lowest BCUT2D eigenvalue weighted by Gasteiger charge is -2.31. The van der Waals surface area contributed by atoms with E-state index in [2.05, 4.69) is 5.32 Å². The largest absolute Gasteiger partial charge is 0.496 e. The third-order valence-corrected chi connectivity index (χ3v) is 3.96. The monoisotopic (exact) mass is 357 g/mol. The van der Waals surface area contributed by atoms with Crippen LogP contribution in [0.1, 0.15) is 10.4 Å². The first-order valence-corrected chi connectivity index (χ1v) is 7.75. The second-order valence-electron chi connectivity index (χ2n) is 5.41. The van der Waals surface area contributed by atoms with E-state index in [-0.39, 0.29) is 35.7 Å². The maximum atomic E-state index is 12.3. The molecule has 1 fully saturated rings. The van der Waals surface area contributed by atoms with Crippen molar-refractivity contribution in [1.29, 1.82) is 0 Å². The van der Waals surface area contributed by atoms with Crippen LogP contribution in [0.15, 0.2) is 12.1 Å². The number of nitrogens with two attached hydrogens (primary N) is 1. The molecule has 1 saturated heterocycles. The van der Waals surface area contributed by atoms with Gasteiger partial charge in [0.2, 0.25) is 0 Å². The van der Waals surface area contributed by atoms with Gasteiger partial charge < -0.3 is 25.6 Å². The smallest absolute Gasteiger partial charge is 0.317 e. The Hall–Kier alpha value is -2.03. The lowest BCUT2D eigenvalue weighted by Crippen LogP contribution is -2.48. The summed E-state index contributed by atoms with van der Waals surface area (Å²) >= 11 is 5.96. The van der Waals surface area contributed by atoms with Gasteiger partial charge >= 0.3 is 5.97 Å². The highest BCUT2D eigenvalue weighted by Gasteiger charge is 2.23. The fourth-order valence-corrected chi connectivity index (χ4v) is 2.62. The average molecular weight is 358 g/mol. The molecule has 0 bridgehead atoms. The van der Waals surface area contributed by atoms with E-state index in [1.807, 2.05) is 0 Å². The minimum atomic E-state index is -0.888. The summed E-state index contributed by atoms with van der Waals surface area (Å²) in [5.74, 6) is -0.930. The summed E-state index contributed by atoms with van der Waals surface area (Å²) in [5.41, 5.74) is 6.29. The van der Waals surface area contributed by atoms with E-state index < -0.39 is 5.97 Å². The minimum absolute atomic E-state index is 0.0464. The van der Waals surface area contributed by atoms with E-state index in [1.165, 1.54) is 19.2 Å². The second kappa shape index (κ2) is 8.18. The number of hydrogen-bond donors (Lipinski definition) is 3. The molecule has 24 heavy (non-hydrogen) atoms. The van der Waals surface area contributed by atoms with Crippen molar-refractivity contribution in [1.82, 2.24) is 10.2 Å². The van der Waals surface area contributed by atoms with Gasteiger partial charge in [-0.25, -0.2) is 0 Å². The number of carboxylic acids is 1.